The Hall–Kier alpha value is -2.05. The minimum Gasteiger partial charge on any atom is -0.321 e. The van der Waals surface area contributed by atoms with Crippen molar-refractivity contribution in [2.45, 2.75) is 13.8 Å². The molecular formula is C17H14BrN3OS. The number of carbonyl (C=O) groups excluding carboxylic acids is 1. The fourth-order valence-corrected chi connectivity index (χ4v) is 3.03. The van der Waals surface area contributed by atoms with Gasteiger partial charge in [0.25, 0.3) is 5.91 Å². The van der Waals surface area contributed by atoms with Crippen LogP contribution in [0.1, 0.15) is 20.8 Å². The third-order valence-corrected chi connectivity index (χ3v) is 4.71. The highest BCUT2D eigenvalue weighted by atomic mass is 79.9. The summed E-state index contributed by atoms with van der Waals surface area (Å²) in [6.07, 6.45) is 0. The first-order valence-corrected chi connectivity index (χ1v) is 8.58. The fourth-order valence-electron chi connectivity index (χ4n) is 2.19. The Labute approximate surface area is 146 Å². The predicted molar refractivity (Wildman–Crippen MR) is 96.9 cm³/mol. The number of hydrogen-bond donors (Lipinski definition) is 1. The average Bonchev–Trinajstić information content (AvgIpc) is 3.01. The second-order valence-corrected chi connectivity index (χ2v) is 6.90. The second-order valence-electron chi connectivity index (χ2n) is 5.23. The molecule has 6 heteroatoms. The number of benzene rings is 2. The average molecular weight is 388 g/mol. The minimum absolute atomic E-state index is 0.188. The predicted octanol–water partition coefficient (Wildman–Crippen LogP) is 4.84. The van der Waals surface area contributed by atoms with Crippen LogP contribution in [-0.4, -0.2) is 15.5 Å². The zero-order valence-electron chi connectivity index (χ0n) is 12.6. The molecule has 0 fully saturated rings. The smallest absolute Gasteiger partial charge is 0.269 e. The number of aryl methyl sites for hydroxylation is 2. The number of amides is 1. The van der Waals surface area contributed by atoms with E-state index in [2.05, 4.69) is 30.8 Å². The lowest BCUT2D eigenvalue weighted by molar-refractivity contribution is 0.103. The van der Waals surface area contributed by atoms with Gasteiger partial charge in [-0.15, -0.1) is 5.10 Å². The summed E-state index contributed by atoms with van der Waals surface area (Å²) in [7, 11) is 0. The van der Waals surface area contributed by atoms with Gasteiger partial charge < -0.3 is 5.32 Å². The van der Waals surface area contributed by atoms with Crippen molar-refractivity contribution in [2.75, 3.05) is 5.32 Å². The van der Waals surface area contributed by atoms with E-state index in [0.717, 1.165) is 38.4 Å². The number of rotatable bonds is 3. The summed E-state index contributed by atoms with van der Waals surface area (Å²) >= 11 is 4.50. The van der Waals surface area contributed by atoms with Crippen LogP contribution >= 0.6 is 27.5 Å². The SMILES string of the molecule is Cc1ccc(C)c(NC(=O)c2snnc2-c2ccc(Br)cc2)c1. The molecule has 0 aliphatic rings. The standard InChI is InChI=1S/C17H14BrN3OS/c1-10-3-4-11(2)14(9-10)19-17(22)16-15(20-21-23-16)12-5-7-13(18)8-6-12/h3-9H,1-2H3,(H,19,22). The van der Waals surface area contributed by atoms with Crippen molar-refractivity contribution in [1.29, 1.82) is 0 Å². The van der Waals surface area contributed by atoms with Crippen molar-refractivity contribution >= 4 is 39.1 Å². The van der Waals surface area contributed by atoms with Crippen LogP contribution in [0.15, 0.2) is 46.9 Å². The minimum atomic E-state index is -0.188. The molecule has 0 unspecified atom stereocenters. The molecule has 23 heavy (non-hydrogen) atoms. The Bertz CT molecular complexity index is 859. The molecule has 0 radical (unpaired) electrons. The summed E-state index contributed by atoms with van der Waals surface area (Å²) in [5.41, 5.74) is 4.40. The van der Waals surface area contributed by atoms with Crippen molar-refractivity contribution in [3.63, 3.8) is 0 Å². The van der Waals surface area contributed by atoms with Crippen molar-refractivity contribution in [2.24, 2.45) is 0 Å². The quantitative estimate of drug-likeness (QED) is 0.699. The summed E-state index contributed by atoms with van der Waals surface area (Å²) in [6.45, 7) is 3.96. The zero-order chi connectivity index (χ0) is 16.4. The molecule has 0 bridgehead atoms. The normalized spacial score (nSPS) is 10.6. The topological polar surface area (TPSA) is 54.9 Å². The van der Waals surface area contributed by atoms with E-state index in [1.807, 2.05) is 56.3 Å². The molecule has 0 atom stereocenters. The highest BCUT2D eigenvalue weighted by molar-refractivity contribution is 9.10. The summed E-state index contributed by atoms with van der Waals surface area (Å²) in [5.74, 6) is -0.188. The van der Waals surface area contributed by atoms with Crippen LogP contribution in [0, 0.1) is 13.8 Å². The van der Waals surface area contributed by atoms with Gasteiger partial charge in [-0.1, -0.05) is 44.7 Å². The first-order valence-electron chi connectivity index (χ1n) is 7.01. The molecule has 1 aromatic heterocycles. The van der Waals surface area contributed by atoms with Gasteiger partial charge in [0.2, 0.25) is 0 Å². The van der Waals surface area contributed by atoms with Crippen molar-refractivity contribution in [1.82, 2.24) is 9.59 Å². The van der Waals surface area contributed by atoms with Crippen molar-refractivity contribution in [3.8, 4) is 11.3 Å². The van der Waals surface area contributed by atoms with Gasteiger partial charge in [-0.25, -0.2) is 0 Å². The number of hydrogen-bond acceptors (Lipinski definition) is 4. The Morgan fingerprint density at radius 3 is 2.61 bits per heavy atom. The molecule has 1 N–H and O–H groups in total. The molecule has 0 saturated heterocycles. The van der Waals surface area contributed by atoms with E-state index in [1.54, 1.807) is 0 Å². The lowest BCUT2D eigenvalue weighted by atomic mass is 10.1. The lowest BCUT2D eigenvalue weighted by Crippen LogP contribution is -2.12. The molecule has 3 aromatic rings. The van der Waals surface area contributed by atoms with Crippen molar-refractivity contribution in [3.05, 3.63) is 62.9 Å². The molecule has 2 aromatic carbocycles. The Balaban J connectivity index is 1.91. The second kappa shape index (κ2) is 6.60. The highest BCUT2D eigenvalue weighted by Crippen LogP contribution is 2.27. The third kappa shape index (κ3) is 3.48. The van der Waals surface area contributed by atoms with E-state index in [-0.39, 0.29) is 5.91 Å². The van der Waals surface area contributed by atoms with Gasteiger partial charge in [-0.05, 0) is 54.7 Å². The van der Waals surface area contributed by atoms with Crippen LogP contribution in [0.3, 0.4) is 0 Å². The third-order valence-electron chi connectivity index (χ3n) is 3.45. The van der Waals surface area contributed by atoms with Crippen LogP contribution in [-0.2, 0) is 0 Å². The van der Waals surface area contributed by atoms with E-state index in [4.69, 9.17) is 0 Å². The van der Waals surface area contributed by atoms with Crippen LogP contribution in [0.25, 0.3) is 11.3 Å². The molecule has 1 heterocycles. The number of nitrogens with zero attached hydrogens (tertiary/aromatic N) is 2. The maximum Gasteiger partial charge on any atom is 0.269 e. The van der Waals surface area contributed by atoms with Crippen LogP contribution in [0.2, 0.25) is 0 Å². The van der Waals surface area contributed by atoms with Crippen molar-refractivity contribution < 1.29 is 4.79 Å². The number of nitrogens with one attached hydrogen (secondary N) is 1. The molecule has 0 saturated carbocycles. The maximum absolute atomic E-state index is 12.6. The highest BCUT2D eigenvalue weighted by Gasteiger charge is 2.18. The molecule has 1 amide bonds. The van der Waals surface area contributed by atoms with Gasteiger partial charge in [-0.2, -0.15) is 0 Å². The number of aromatic nitrogens is 2. The van der Waals surface area contributed by atoms with Gasteiger partial charge in [-0.3, -0.25) is 4.79 Å². The fraction of sp³-hybridized carbons (Fsp3) is 0.118. The Morgan fingerprint density at radius 1 is 1.13 bits per heavy atom. The van der Waals surface area contributed by atoms with E-state index < -0.39 is 0 Å². The summed E-state index contributed by atoms with van der Waals surface area (Å²) in [4.78, 5) is 13.1. The van der Waals surface area contributed by atoms with Crippen LogP contribution in [0.4, 0.5) is 5.69 Å². The zero-order valence-corrected chi connectivity index (χ0v) is 15.0. The molecule has 3 rings (SSSR count). The number of anilines is 1. The van der Waals surface area contributed by atoms with Gasteiger partial charge in [0.05, 0.1) is 0 Å². The lowest BCUT2D eigenvalue weighted by Gasteiger charge is -2.09. The van der Waals surface area contributed by atoms with Gasteiger partial charge in [0, 0.05) is 15.7 Å². The summed E-state index contributed by atoms with van der Waals surface area (Å²) < 4.78 is 4.92. The number of halogens is 1. The van der Waals surface area contributed by atoms with E-state index in [1.165, 1.54) is 0 Å². The van der Waals surface area contributed by atoms with Crippen LogP contribution in [0.5, 0.6) is 0 Å². The summed E-state index contributed by atoms with van der Waals surface area (Å²) in [5, 5.41) is 7.07. The summed E-state index contributed by atoms with van der Waals surface area (Å²) in [6, 6.07) is 13.6. The molecular weight excluding hydrogens is 374 g/mol. The molecule has 0 aliphatic heterocycles. The van der Waals surface area contributed by atoms with E-state index in [0.29, 0.717) is 10.6 Å². The molecule has 0 aliphatic carbocycles. The van der Waals surface area contributed by atoms with E-state index >= 15 is 0 Å². The molecule has 0 spiro atoms. The molecule has 4 nitrogen and oxygen atoms in total. The monoisotopic (exact) mass is 387 g/mol. The van der Waals surface area contributed by atoms with Gasteiger partial charge in [0.1, 0.15) is 10.6 Å². The first-order chi connectivity index (χ1) is 11.0. The van der Waals surface area contributed by atoms with Gasteiger partial charge >= 0.3 is 0 Å². The Kier molecular flexibility index (Phi) is 4.54. The Morgan fingerprint density at radius 2 is 1.87 bits per heavy atom. The largest absolute Gasteiger partial charge is 0.321 e. The molecule has 116 valence electrons. The van der Waals surface area contributed by atoms with Gasteiger partial charge in [0.15, 0.2) is 0 Å². The first kappa shape index (κ1) is 15.8. The number of carbonyl (C=O) groups is 1. The van der Waals surface area contributed by atoms with Crippen LogP contribution < -0.4 is 5.32 Å². The maximum atomic E-state index is 12.6. The van der Waals surface area contributed by atoms with E-state index in [9.17, 15) is 4.79 Å².